The number of aryl methyl sites for hydroxylation is 1. The topological polar surface area (TPSA) is 105 Å². The molecule has 0 spiro atoms. The molecule has 3 N–H and O–H groups in total. The van der Waals surface area contributed by atoms with Gasteiger partial charge in [0, 0.05) is 28.2 Å². The van der Waals surface area contributed by atoms with Crippen molar-refractivity contribution in [2.75, 3.05) is 16.0 Å². The van der Waals surface area contributed by atoms with E-state index in [0.29, 0.717) is 32.8 Å². The lowest BCUT2D eigenvalue weighted by Crippen LogP contribution is -2.29. The number of anilines is 3. The number of aromatic nitrogens is 2. The summed E-state index contributed by atoms with van der Waals surface area (Å²) in [5.41, 5.74) is 3.16. The van der Waals surface area contributed by atoms with Gasteiger partial charge in [0.05, 0.1) is 17.1 Å². The summed E-state index contributed by atoms with van der Waals surface area (Å²) in [6, 6.07) is 11.5. The van der Waals surface area contributed by atoms with Crippen LogP contribution in [0.15, 0.2) is 42.5 Å². The van der Waals surface area contributed by atoms with Crippen LogP contribution in [0.25, 0.3) is 5.69 Å². The average molecular weight is 444 g/mol. The lowest BCUT2D eigenvalue weighted by molar-refractivity contribution is -0.133. The van der Waals surface area contributed by atoms with Crippen LogP contribution in [0, 0.1) is 6.92 Å². The minimum Gasteiger partial charge on any atom is -0.326 e. The second kappa shape index (κ2) is 7.81. The van der Waals surface area contributed by atoms with Crippen molar-refractivity contribution in [3.63, 3.8) is 0 Å². The van der Waals surface area contributed by atoms with E-state index < -0.39 is 11.8 Å². The maximum absolute atomic E-state index is 12.3. The predicted molar refractivity (Wildman–Crippen MR) is 114 cm³/mol. The molecule has 8 nitrogen and oxygen atoms in total. The van der Waals surface area contributed by atoms with Gasteiger partial charge in [0.1, 0.15) is 0 Å². The number of hydrogen-bond donors (Lipinski definition) is 3. The maximum Gasteiger partial charge on any atom is 0.315 e. The fourth-order valence-corrected chi connectivity index (χ4v) is 3.59. The fraction of sp³-hybridized carbons (Fsp3) is 0.100. The number of amides is 3. The number of benzene rings is 2. The molecule has 3 amide bonds. The molecule has 0 aliphatic carbocycles. The molecule has 30 heavy (non-hydrogen) atoms. The molecule has 0 saturated heterocycles. The van der Waals surface area contributed by atoms with Gasteiger partial charge in [-0.2, -0.15) is 0 Å². The molecule has 0 radical (unpaired) electrons. The monoisotopic (exact) mass is 443 g/mol. The second-order valence-electron chi connectivity index (χ2n) is 6.68. The van der Waals surface area contributed by atoms with Crippen LogP contribution >= 0.6 is 23.2 Å². The third-order valence-corrected chi connectivity index (χ3v) is 5.00. The van der Waals surface area contributed by atoms with Gasteiger partial charge in [-0.1, -0.05) is 23.2 Å². The normalized spacial score (nSPS) is 12.3. The number of rotatable bonds is 3. The van der Waals surface area contributed by atoms with Crippen molar-refractivity contribution in [1.29, 1.82) is 0 Å². The first kappa shape index (κ1) is 19.9. The molecule has 4 rings (SSSR count). The molecule has 0 unspecified atom stereocenters. The zero-order valence-electron chi connectivity index (χ0n) is 15.6. The van der Waals surface area contributed by atoms with Gasteiger partial charge in [0.25, 0.3) is 0 Å². The summed E-state index contributed by atoms with van der Waals surface area (Å²) >= 11 is 12.1. The molecule has 10 heteroatoms. The van der Waals surface area contributed by atoms with Crippen molar-refractivity contribution in [2.24, 2.45) is 0 Å². The van der Waals surface area contributed by atoms with Crippen LogP contribution in [0.5, 0.6) is 0 Å². The summed E-state index contributed by atoms with van der Waals surface area (Å²) in [6.45, 7) is 1.79. The number of halogens is 2. The Hall–Kier alpha value is -3.36. The molecular formula is C20H15Cl2N5O3. The summed E-state index contributed by atoms with van der Waals surface area (Å²) in [6.07, 6.45) is 0.231. The highest BCUT2D eigenvalue weighted by Crippen LogP contribution is 2.27. The molecule has 0 bridgehead atoms. The van der Waals surface area contributed by atoms with Crippen molar-refractivity contribution >= 4 is 58.1 Å². The van der Waals surface area contributed by atoms with Gasteiger partial charge >= 0.3 is 11.8 Å². The van der Waals surface area contributed by atoms with E-state index in [1.165, 1.54) is 4.68 Å². The average Bonchev–Trinajstić information content (AvgIpc) is 3.22. The molecule has 152 valence electrons. The van der Waals surface area contributed by atoms with E-state index >= 15 is 0 Å². The Labute approximate surface area is 181 Å². The van der Waals surface area contributed by atoms with Crippen molar-refractivity contribution in [1.82, 2.24) is 9.78 Å². The highest BCUT2D eigenvalue weighted by Gasteiger charge is 2.20. The van der Waals surface area contributed by atoms with Gasteiger partial charge in [-0.3, -0.25) is 14.4 Å². The first-order valence-corrected chi connectivity index (χ1v) is 9.63. The van der Waals surface area contributed by atoms with Crippen LogP contribution in [-0.4, -0.2) is 27.5 Å². The molecular weight excluding hydrogens is 429 g/mol. The Bertz CT molecular complexity index is 1210. The Kier molecular flexibility index (Phi) is 5.19. The Morgan fingerprint density at radius 3 is 2.60 bits per heavy atom. The number of nitrogens with zero attached hydrogens (tertiary/aromatic N) is 2. The third kappa shape index (κ3) is 4.00. The van der Waals surface area contributed by atoms with E-state index in [-0.39, 0.29) is 18.1 Å². The number of carbonyl (C=O) groups is 3. The number of fused-ring (bicyclic) bond motifs is 1. The van der Waals surface area contributed by atoms with Crippen LogP contribution < -0.4 is 16.0 Å². The van der Waals surface area contributed by atoms with Crippen LogP contribution in [0.4, 0.5) is 17.2 Å². The van der Waals surface area contributed by atoms with Crippen LogP contribution in [0.3, 0.4) is 0 Å². The summed E-state index contributed by atoms with van der Waals surface area (Å²) in [7, 11) is 0. The zero-order valence-corrected chi connectivity index (χ0v) is 17.1. The van der Waals surface area contributed by atoms with Crippen molar-refractivity contribution < 1.29 is 14.4 Å². The number of nitrogens with one attached hydrogen (secondary N) is 3. The maximum atomic E-state index is 12.3. The van der Waals surface area contributed by atoms with E-state index in [2.05, 4.69) is 21.0 Å². The van der Waals surface area contributed by atoms with Gasteiger partial charge in [0.2, 0.25) is 5.91 Å². The van der Waals surface area contributed by atoms with Gasteiger partial charge in [-0.15, -0.1) is 5.10 Å². The molecule has 1 aromatic heterocycles. The predicted octanol–water partition coefficient (Wildman–Crippen LogP) is 3.56. The van der Waals surface area contributed by atoms with Gasteiger partial charge in [-0.25, -0.2) is 4.68 Å². The molecule has 2 aromatic carbocycles. The lowest BCUT2D eigenvalue weighted by Gasteiger charge is -2.07. The fourth-order valence-electron chi connectivity index (χ4n) is 3.10. The second-order valence-corrected chi connectivity index (χ2v) is 7.53. The van der Waals surface area contributed by atoms with Crippen LogP contribution in [0.1, 0.15) is 11.3 Å². The summed E-state index contributed by atoms with van der Waals surface area (Å²) in [5.74, 6) is -1.65. The lowest BCUT2D eigenvalue weighted by atomic mass is 10.1. The standard InChI is InChI=1S/C20H15Cl2N5O3/c1-10-6-17(26-27(10)16-5-2-12(21)9-14(16)22)25-20(30)19(29)23-13-3-4-15-11(7-13)8-18(28)24-15/h2-7,9H,8H2,1H3,(H,23,29)(H,24,28)(H,25,26,30). The van der Waals surface area contributed by atoms with Crippen LogP contribution in [0.2, 0.25) is 10.0 Å². The number of hydrogen-bond acceptors (Lipinski definition) is 4. The zero-order chi connectivity index (χ0) is 21.4. The Morgan fingerprint density at radius 2 is 1.83 bits per heavy atom. The quantitative estimate of drug-likeness (QED) is 0.538. The van der Waals surface area contributed by atoms with Crippen molar-refractivity contribution in [3.8, 4) is 5.69 Å². The highest BCUT2D eigenvalue weighted by atomic mass is 35.5. The van der Waals surface area contributed by atoms with E-state index in [4.69, 9.17) is 23.2 Å². The minimum absolute atomic E-state index is 0.113. The largest absolute Gasteiger partial charge is 0.326 e. The SMILES string of the molecule is Cc1cc(NC(=O)C(=O)Nc2ccc3c(c2)CC(=O)N3)nn1-c1ccc(Cl)cc1Cl. The van der Waals surface area contributed by atoms with Gasteiger partial charge in [-0.05, 0) is 48.9 Å². The molecule has 0 atom stereocenters. The molecule has 3 aromatic rings. The Morgan fingerprint density at radius 1 is 1.07 bits per heavy atom. The molecule has 1 aliphatic rings. The summed E-state index contributed by atoms with van der Waals surface area (Å²) < 4.78 is 1.54. The highest BCUT2D eigenvalue weighted by molar-refractivity contribution is 6.43. The van der Waals surface area contributed by atoms with E-state index in [9.17, 15) is 14.4 Å². The van der Waals surface area contributed by atoms with Crippen molar-refractivity contribution in [3.05, 3.63) is 63.8 Å². The smallest absolute Gasteiger partial charge is 0.315 e. The molecule has 2 heterocycles. The third-order valence-electron chi connectivity index (χ3n) is 4.46. The minimum atomic E-state index is -0.878. The first-order chi connectivity index (χ1) is 14.3. The van der Waals surface area contributed by atoms with E-state index in [1.807, 2.05) is 0 Å². The Balaban J connectivity index is 1.46. The molecule has 0 saturated carbocycles. The van der Waals surface area contributed by atoms with Gasteiger partial charge in [0.15, 0.2) is 5.82 Å². The van der Waals surface area contributed by atoms with Gasteiger partial charge < -0.3 is 16.0 Å². The van der Waals surface area contributed by atoms with Crippen LogP contribution in [-0.2, 0) is 20.8 Å². The summed E-state index contributed by atoms with van der Waals surface area (Å²) in [4.78, 5) is 36.0. The molecule has 0 fully saturated rings. The first-order valence-electron chi connectivity index (χ1n) is 8.87. The number of carbonyl (C=O) groups excluding carboxylic acids is 3. The molecule has 1 aliphatic heterocycles. The van der Waals surface area contributed by atoms with Crippen molar-refractivity contribution in [2.45, 2.75) is 13.3 Å². The summed E-state index contributed by atoms with van der Waals surface area (Å²) in [5, 5.41) is 12.9. The van der Waals surface area contributed by atoms with E-state index in [1.54, 1.807) is 49.4 Å². The van der Waals surface area contributed by atoms with E-state index in [0.717, 1.165) is 5.56 Å².